The summed E-state index contributed by atoms with van der Waals surface area (Å²) >= 11 is 0. The molecule has 0 aromatic rings. The van der Waals surface area contributed by atoms with E-state index in [4.69, 9.17) is 5.26 Å². The van der Waals surface area contributed by atoms with Gasteiger partial charge in [0.2, 0.25) is 0 Å². The maximum Gasteiger partial charge on any atom is 0.150 e. The van der Waals surface area contributed by atoms with Gasteiger partial charge in [-0.25, -0.2) is 8.42 Å². The van der Waals surface area contributed by atoms with Crippen LogP contribution in [0, 0.1) is 22.7 Å². The summed E-state index contributed by atoms with van der Waals surface area (Å²) in [5.74, 6) is 0.969. The van der Waals surface area contributed by atoms with E-state index in [1.54, 1.807) is 0 Å². The molecule has 0 radical (unpaired) electrons. The Hall–Kier alpha value is -0.600. The van der Waals surface area contributed by atoms with Gasteiger partial charge in [0, 0.05) is 13.0 Å². The van der Waals surface area contributed by atoms with Crippen LogP contribution in [0.4, 0.5) is 0 Å². The van der Waals surface area contributed by atoms with Crippen molar-refractivity contribution in [3.8, 4) is 6.07 Å². The van der Waals surface area contributed by atoms with E-state index in [1.807, 2.05) is 0 Å². The summed E-state index contributed by atoms with van der Waals surface area (Å²) in [5, 5.41) is 12.0. The fourth-order valence-corrected chi connectivity index (χ4v) is 4.20. The van der Waals surface area contributed by atoms with Crippen LogP contribution in [0.5, 0.6) is 0 Å². The molecule has 0 aromatic heterocycles. The van der Waals surface area contributed by atoms with Crippen molar-refractivity contribution in [2.45, 2.75) is 25.7 Å². The molecule has 4 nitrogen and oxygen atoms in total. The second kappa shape index (κ2) is 4.34. The third kappa shape index (κ3) is 2.96. The lowest BCUT2D eigenvalue weighted by Gasteiger charge is -2.14. The average Bonchev–Trinajstić information content (AvgIpc) is 2.86. The molecule has 16 heavy (non-hydrogen) atoms. The first-order chi connectivity index (χ1) is 7.55. The number of hydrogen-bond acceptors (Lipinski definition) is 4. The summed E-state index contributed by atoms with van der Waals surface area (Å²) in [5.41, 5.74) is 0.215. The summed E-state index contributed by atoms with van der Waals surface area (Å²) < 4.78 is 22.5. The van der Waals surface area contributed by atoms with Crippen molar-refractivity contribution in [3.63, 3.8) is 0 Å². The van der Waals surface area contributed by atoms with Crippen LogP contribution in [0.15, 0.2) is 0 Å². The molecule has 0 amide bonds. The third-order valence-corrected chi connectivity index (χ3v) is 5.51. The average molecular weight is 242 g/mol. The normalized spacial score (nSPS) is 29.8. The Morgan fingerprint density at radius 2 is 2.19 bits per heavy atom. The minimum Gasteiger partial charge on any atom is -0.316 e. The van der Waals surface area contributed by atoms with E-state index in [-0.39, 0.29) is 11.3 Å². The zero-order chi connectivity index (χ0) is 11.6. The van der Waals surface area contributed by atoms with Crippen molar-refractivity contribution in [3.05, 3.63) is 0 Å². The molecule has 1 saturated carbocycles. The smallest absolute Gasteiger partial charge is 0.150 e. The van der Waals surface area contributed by atoms with Crippen LogP contribution in [-0.4, -0.2) is 33.0 Å². The summed E-state index contributed by atoms with van der Waals surface area (Å²) in [4.78, 5) is 0. The van der Waals surface area contributed by atoms with E-state index in [9.17, 15) is 8.42 Å². The standard InChI is InChI=1S/C11H18N2O2S/c12-5-4-11(2-3-11)9-13-7-10-1-6-16(14,15)8-10/h10,13H,1-4,6-9H2. The molecular formula is C11H18N2O2S. The number of sulfone groups is 1. The monoisotopic (exact) mass is 242 g/mol. The lowest BCUT2D eigenvalue weighted by molar-refractivity contribution is 0.432. The fraction of sp³-hybridized carbons (Fsp3) is 0.909. The van der Waals surface area contributed by atoms with Gasteiger partial charge in [-0.05, 0) is 37.1 Å². The zero-order valence-corrected chi connectivity index (χ0v) is 10.2. The Labute approximate surface area is 96.9 Å². The Balaban J connectivity index is 1.68. The highest BCUT2D eigenvalue weighted by Gasteiger charge is 2.42. The lowest BCUT2D eigenvalue weighted by Crippen LogP contribution is -2.29. The molecule has 1 aliphatic carbocycles. The number of nitrogens with zero attached hydrogens (tertiary/aromatic N) is 1. The van der Waals surface area contributed by atoms with Crippen molar-refractivity contribution >= 4 is 9.84 Å². The van der Waals surface area contributed by atoms with E-state index in [0.29, 0.717) is 17.9 Å². The number of nitrogens with one attached hydrogen (secondary N) is 1. The Kier molecular flexibility index (Phi) is 3.22. The van der Waals surface area contributed by atoms with Crippen LogP contribution in [0.2, 0.25) is 0 Å². The number of hydrogen-bond donors (Lipinski definition) is 1. The zero-order valence-electron chi connectivity index (χ0n) is 9.41. The minimum absolute atomic E-state index is 0.215. The van der Waals surface area contributed by atoms with E-state index >= 15 is 0 Å². The van der Waals surface area contributed by atoms with Crippen molar-refractivity contribution < 1.29 is 8.42 Å². The molecule has 0 aromatic carbocycles. The first-order valence-corrected chi connectivity index (χ1v) is 7.66. The van der Waals surface area contributed by atoms with Gasteiger partial charge in [0.15, 0.2) is 9.84 Å². The molecule has 2 rings (SSSR count). The predicted octanol–water partition coefficient (Wildman–Crippen LogP) is 0.705. The second-order valence-electron chi connectivity index (χ2n) is 5.23. The molecule has 1 N–H and O–H groups in total. The highest BCUT2D eigenvalue weighted by atomic mass is 32.2. The van der Waals surface area contributed by atoms with Crippen LogP contribution in [0.1, 0.15) is 25.7 Å². The van der Waals surface area contributed by atoms with Crippen LogP contribution in [0.3, 0.4) is 0 Å². The maximum absolute atomic E-state index is 11.2. The quantitative estimate of drug-likeness (QED) is 0.770. The minimum atomic E-state index is -2.75. The van der Waals surface area contributed by atoms with Crippen molar-refractivity contribution in [2.75, 3.05) is 24.6 Å². The summed E-state index contributed by atoms with van der Waals surface area (Å²) in [7, 11) is -2.75. The third-order valence-electron chi connectivity index (χ3n) is 3.67. The molecule has 1 heterocycles. The van der Waals surface area contributed by atoms with Gasteiger partial charge in [-0.1, -0.05) is 0 Å². The van der Waals surface area contributed by atoms with Crippen molar-refractivity contribution in [1.82, 2.24) is 5.32 Å². The Morgan fingerprint density at radius 1 is 1.44 bits per heavy atom. The first-order valence-electron chi connectivity index (χ1n) is 5.83. The van der Waals surface area contributed by atoms with Gasteiger partial charge in [-0.3, -0.25) is 0 Å². The summed E-state index contributed by atoms with van der Waals surface area (Å²) in [6, 6.07) is 2.23. The molecule has 5 heteroatoms. The molecule has 2 fully saturated rings. The predicted molar refractivity (Wildman–Crippen MR) is 61.5 cm³/mol. The van der Waals surface area contributed by atoms with Gasteiger partial charge in [-0.2, -0.15) is 5.26 Å². The van der Waals surface area contributed by atoms with Crippen molar-refractivity contribution in [2.24, 2.45) is 11.3 Å². The van der Waals surface area contributed by atoms with Gasteiger partial charge in [0.1, 0.15) is 0 Å². The first kappa shape index (κ1) is 11.9. The molecule has 90 valence electrons. The molecule has 1 saturated heterocycles. The van der Waals surface area contributed by atoms with Crippen molar-refractivity contribution in [1.29, 1.82) is 5.26 Å². The maximum atomic E-state index is 11.2. The molecular weight excluding hydrogens is 224 g/mol. The topological polar surface area (TPSA) is 70.0 Å². The van der Waals surface area contributed by atoms with Gasteiger partial charge in [0.05, 0.1) is 17.6 Å². The molecule has 1 atom stereocenters. The van der Waals surface area contributed by atoms with Crippen LogP contribution in [0.25, 0.3) is 0 Å². The second-order valence-corrected chi connectivity index (χ2v) is 7.46. The Morgan fingerprint density at radius 3 is 2.69 bits per heavy atom. The lowest BCUT2D eigenvalue weighted by atomic mass is 10.0. The number of rotatable bonds is 5. The van der Waals surface area contributed by atoms with Crippen LogP contribution in [-0.2, 0) is 9.84 Å². The summed E-state index contributed by atoms with van der Waals surface area (Å²) in [6.07, 6.45) is 3.69. The molecule has 1 unspecified atom stereocenters. The largest absolute Gasteiger partial charge is 0.316 e. The highest BCUT2D eigenvalue weighted by Crippen LogP contribution is 2.47. The molecule has 0 bridgehead atoms. The van der Waals surface area contributed by atoms with Gasteiger partial charge in [0.25, 0.3) is 0 Å². The molecule has 0 spiro atoms. The van der Waals surface area contributed by atoms with Gasteiger partial charge in [-0.15, -0.1) is 0 Å². The van der Waals surface area contributed by atoms with E-state index < -0.39 is 9.84 Å². The van der Waals surface area contributed by atoms with E-state index in [1.165, 1.54) is 0 Å². The number of nitriles is 1. The Bertz CT molecular complexity index is 393. The highest BCUT2D eigenvalue weighted by molar-refractivity contribution is 7.91. The SMILES string of the molecule is N#CCC1(CNCC2CCS(=O)(=O)C2)CC1. The molecule has 2 aliphatic rings. The van der Waals surface area contributed by atoms with E-state index in [2.05, 4.69) is 11.4 Å². The van der Waals surface area contributed by atoms with E-state index in [0.717, 1.165) is 32.4 Å². The van der Waals surface area contributed by atoms with Crippen LogP contribution >= 0.6 is 0 Å². The van der Waals surface area contributed by atoms with Gasteiger partial charge >= 0.3 is 0 Å². The summed E-state index contributed by atoms with van der Waals surface area (Å²) in [6.45, 7) is 1.66. The van der Waals surface area contributed by atoms with Crippen LogP contribution < -0.4 is 5.32 Å². The molecule has 1 aliphatic heterocycles. The van der Waals surface area contributed by atoms with Gasteiger partial charge < -0.3 is 5.32 Å². The fourth-order valence-electron chi connectivity index (χ4n) is 2.33.